The summed E-state index contributed by atoms with van der Waals surface area (Å²) >= 11 is 5.17. The summed E-state index contributed by atoms with van der Waals surface area (Å²) in [6.07, 6.45) is 5.65. The van der Waals surface area contributed by atoms with Crippen LogP contribution in [0.3, 0.4) is 0 Å². The van der Waals surface area contributed by atoms with Crippen LogP contribution in [0, 0.1) is 0 Å². The number of carbonyl (C=O) groups is 1. The van der Waals surface area contributed by atoms with Gasteiger partial charge in [-0.1, -0.05) is 39.2 Å². The van der Waals surface area contributed by atoms with E-state index in [9.17, 15) is 4.79 Å². The fourth-order valence-corrected chi connectivity index (χ4v) is 2.40. The van der Waals surface area contributed by atoms with Crippen LogP contribution in [0.5, 0.6) is 11.5 Å². The number of hydrogen-bond acceptors (Lipinski definition) is 4. The molecule has 1 rings (SSSR count). The first kappa shape index (κ1) is 21.2. The molecule has 0 saturated heterocycles. The zero-order valence-corrected chi connectivity index (χ0v) is 16.3. The lowest BCUT2D eigenvalue weighted by atomic mass is 10.2. The standard InChI is InChI=1S/C19H30N2O3S/c1-4-6-8-9-18(22)21-19(25)20-14-15-10-11-16(17(13-15)23-3)24-12-7-5-2/h10-11,13H,4-9,12,14H2,1-3H3,(H2,20,21,22,25). The van der Waals surface area contributed by atoms with Crippen molar-refractivity contribution in [3.05, 3.63) is 23.8 Å². The van der Waals surface area contributed by atoms with Crippen LogP contribution in [-0.2, 0) is 11.3 Å². The number of nitrogens with one attached hydrogen (secondary N) is 2. The van der Waals surface area contributed by atoms with E-state index in [2.05, 4.69) is 24.5 Å². The highest BCUT2D eigenvalue weighted by Crippen LogP contribution is 2.28. The van der Waals surface area contributed by atoms with Gasteiger partial charge in [0.25, 0.3) is 0 Å². The SMILES string of the molecule is CCCCCC(=O)NC(=S)NCc1ccc(OCCCC)c(OC)c1. The normalized spacial score (nSPS) is 10.2. The van der Waals surface area contributed by atoms with E-state index in [4.69, 9.17) is 21.7 Å². The number of methoxy groups -OCH3 is 1. The molecule has 0 spiro atoms. The first-order valence-electron chi connectivity index (χ1n) is 8.98. The van der Waals surface area contributed by atoms with Crippen LogP contribution in [0.4, 0.5) is 0 Å². The second-order valence-corrected chi connectivity index (χ2v) is 6.28. The summed E-state index contributed by atoms with van der Waals surface area (Å²) in [6, 6.07) is 5.78. The highest BCUT2D eigenvalue weighted by molar-refractivity contribution is 7.80. The lowest BCUT2D eigenvalue weighted by Crippen LogP contribution is -2.38. The van der Waals surface area contributed by atoms with Gasteiger partial charge in [-0.05, 0) is 42.8 Å². The molecule has 6 heteroatoms. The minimum atomic E-state index is -0.0387. The van der Waals surface area contributed by atoms with Crippen LogP contribution in [0.2, 0.25) is 0 Å². The van der Waals surface area contributed by atoms with E-state index >= 15 is 0 Å². The van der Waals surface area contributed by atoms with Crippen molar-refractivity contribution in [1.82, 2.24) is 10.6 Å². The van der Waals surface area contributed by atoms with Gasteiger partial charge in [-0.15, -0.1) is 0 Å². The van der Waals surface area contributed by atoms with Crippen LogP contribution < -0.4 is 20.1 Å². The number of amides is 1. The van der Waals surface area contributed by atoms with Crippen molar-refractivity contribution in [2.75, 3.05) is 13.7 Å². The summed E-state index contributed by atoms with van der Waals surface area (Å²) in [5.41, 5.74) is 1.00. The number of carbonyl (C=O) groups excluding carboxylic acids is 1. The smallest absolute Gasteiger partial charge is 0.226 e. The fraction of sp³-hybridized carbons (Fsp3) is 0.579. The van der Waals surface area contributed by atoms with E-state index in [0.29, 0.717) is 30.4 Å². The Morgan fingerprint density at radius 1 is 1.12 bits per heavy atom. The van der Waals surface area contributed by atoms with E-state index in [1.165, 1.54) is 0 Å². The van der Waals surface area contributed by atoms with Crippen molar-refractivity contribution in [2.24, 2.45) is 0 Å². The first-order chi connectivity index (χ1) is 12.1. The van der Waals surface area contributed by atoms with E-state index in [1.54, 1.807) is 7.11 Å². The molecule has 0 saturated carbocycles. The summed E-state index contributed by atoms with van der Waals surface area (Å²) in [4.78, 5) is 11.7. The molecule has 0 aliphatic carbocycles. The Balaban J connectivity index is 2.45. The van der Waals surface area contributed by atoms with Crippen LogP contribution in [0.25, 0.3) is 0 Å². The molecule has 0 radical (unpaired) electrons. The number of rotatable bonds is 11. The van der Waals surface area contributed by atoms with Crippen molar-refractivity contribution in [3.8, 4) is 11.5 Å². The quantitative estimate of drug-likeness (QED) is 0.459. The first-order valence-corrected chi connectivity index (χ1v) is 9.38. The third-order valence-corrected chi connectivity index (χ3v) is 3.94. The maximum absolute atomic E-state index is 11.7. The van der Waals surface area contributed by atoms with Gasteiger partial charge < -0.3 is 20.1 Å². The molecule has 1 amide bonds. The topological polar surface area (TPSA) is 59.6 Å². The Hall–Kier alpha value is -1.82. The summed E-state index contributed by atoms with van der Waals surface area (Å²) in [5, 5.41) is 6.11. The highest BCUT2D eigenvalue weighted by atomic mass is 32.1. The molecule has 140 valence electrons. The van der Waals surface area contributed by atoms with Gasteiger partial charge in [-0.3, -0.25) is 4.79 Å². The van der Waals surface area contributed by atoms with Crippen molar-refractivity contribution in [2.45, 2.75) is 58.9 Å². The van der Waals surface area contributed by atoms with Crippen LogP contribution in [0.1, 0.15) is 57.9 Å². The minimum absolute atomic E-state index is 0.0387. The average Bonchev–Trinajstić information content (AvgIpc) is 2.61. The maximum Gasteiger partial charge on any atom is 0.226 e. The van der Waals surface area contributed by atoms with E-state index in [1.807, 2.05) is 18.2 Å². The number of benzene rings is 1. The molecule has 2 N–H and O–H groups in total. The highest BCUT2D eigenvalue weighted by Gasteiger charge is 2.07. The molecule has 0 fully saturated rings. The number of hydrogen-bond donors (Lipinski definition) is 2. The molecular weight excluding hydrogens is 336 g/mol. The summed E-state index contributed by atoms with van der Waals surface area (Å²) < 4.78 is 11.1. The van der Waals surface area contributed by atoms with Gasteiger partial charge in [-0.2, -0.15) is 0 Å². The monoisotopic (exact) mass is 366 g/mol. The van der Waals surface area contributed by atoms with Gasteiger partial charge in [-0.25, -0.2) is 0 Å². The molecule has 0 heterocycles. The third kappa shape index (κ3) is 8.72. The van der Waals surface area contributed by atoms with Crippen LogP contribution >= 0.6 is 12.2 Å². The second kappa shape index (κ2) is 12.5. The van der Waals surface area contributed by atoms with Gasteiger partial charge in [0.2, 0.25) is 5.91 Å². The Kier molecular flexibility index (Phi) is 10.6. The summed E-state index contributed by atoms with van der Waals surface area (Å²) in [7, 11) is 1.63. The Bertz CT molecular complexity index is 549. The Labute approximate surface area is 156 Å². The van der Waals surface area contributed by atoms with Gasteiger partial charge >= 0.3 is 0 Å². The van der Waals surface area contributed by atoms with Gasteiger partial charge in [0.05, 0.1) is 13.7 Å². The van der Waals surface area contributed by atoms with Crippen LogP contribution in [-0.4, -0.2) is 24.7 Å². The van der Waals surface area contributed by atoms with Gasteiger partial charge in [0.1, 0.15) is 0 Å². The Morgan fingerprint density at radius 3 is 2.56 bits per heavy atom. The molecular formula is C19H30N2O3S. The number of thiocarbonyl (C=S) groups is 1. The molecule has 0 bridgehead atoms. The van der Waals surface area contributed by atoms with E-state index < -0.39 is 0 Å². The number of ether oxygens (including phenoxy) is 2. The largest absolute Gasteiger partial charge is 0.493 e. The second-order valence-electron chi connectivity index (χ2n) is 5.88. The minimum Gasteiger partial charge on any atom is -0.493 e. The summed E-state index contributed by atoms with van der Waals surface area (Å²) in [6.45, 7) is 5.43. The van der Waals surface area contributed by atoms with Crippen LogP contribution in [0.15, 0.2) is 18.2 Å². The molecule has 0 unspecified atom stereocenters. The zero-order valence-electron chi connectivity index (χ0n) is 15.5. The maximum atomic E-state index is 11.7. The average molecular weight is 367 g/mol. The molecule has 0 aromatic heterocycles. The van der Waals surface area contributed by atoms with E-state index in [-0.39, 0.29) is 5.91 Å². The lowest BCUT2D eigenvalue weighted by Gasteiger charge is -2.13. The molecule has 0 aliphatic heterocycles. The Morgan fingerprint density at radius 2 is 1.88 bits per heavy atom. The van der Waals surface area contributed by atoms with Crippen molar-refractivity contribution < 1.29 is 14.3 Å². The predicted octanol–water partition coefficient (Wildman–Crippen LogP) is 3.95. The predicted molar refractivity (Wildman–Crippen MR) is 105 cm³/mol. The van der Waals surface area contributed by atoms with E-state index in [0.717, 1.165) is 43.4 Å². The number of unbranched alkanes of at least 4 members (excludes halogenated alkanes) is 3. The third-order valence-electron chi connectivity index (χ3n) is 3.70. The zero-order chi connectivity index (χ0) is 18.5. The molecule has 1 aromatic rings. The molecule has 0 atom stereocenters. The van der Waals surface area contributed by atoms with Crippen molar-refractivity contribution in [1.29, 1.82) is 0 Å². The van der Waals surface area contributed by atoms with Gasteiger partial charge in [0, 0.05) is 13.0 Å². The summed E-state index contributed by atoms with van der Waals surface area (Å²) in [5.74, 6) is 1.40. The molecule has 0 aliphatic rings. The fourth-order valence-electron chi connectivity index (χ4n) is 2.22. The molecule has 25 heavy (non-hydrogen) atoms. The van der Waals surface area contributed by atoms with Gasteiger partial charge in [0.15, 0.2) is 16.6 Å². The lowest BCUT2D eigenvalue weighted by molar-refractivity contribution is -0.119. The molecule has 5 nitrogen and oxygen atoms in total. The van der Waals surface area contributed by atoms with Crippen molar-refractivity contribution in [3.63, 3.8) is 0 Å². The molecule has 1 aromatic carbocycles. The van der Waals surface area contributed by atoms with Crippen molar-refractivity contribution >= 4 is 23.2 Å².